The fraction of sp³-hybridized carbons (Fsp3) is 0. The third kappa shape index (κ3) is 6.52. The molecule has 0 fully saturated rings. The lowest BCUT2D eigenvalue weighted by molar-refractivity contribution is 1.32. The van der Waals surface area contributed by atoms with E-state index in [0.717, 1.165) is 11.1 Å². The maximum Gasteiger partial charge on any atom is 0.160 e. The molecule has 6 heteroatoms. The quantitative estimate of drug-likeness (QED) is 0.825. The van der Waals surface area contributed by atoms with Gasteiger partial charge in [-0.25, -0.2) is 0 Å². The molecular weight excluding hydrogens is 313 g/mol. The summed E-state index contributed by atoms with van der Waals surface area (Å²) < 4.78 is 0. The summed E-state index contributed by atoms with van der Waals surface area (Å²) in [6.45, 7) is 0. The van der Waals surface area contributed by atoms with E-state index in [4.69, 9.17) is 23.2 Å². The highest BCUT2D eigenvalue weighted by atomic mass is 35.5. The van der Waals surface area contributed by atoms with E-state index in [-0.39, 0.29) is 5.11 Å². The maximum absolute atomic E-state index is 6.05. The first-order chi connectivity index (χ1) is 9.49. The van der Waals surface area contributed by atoms with Gasteiger partial charge in [0.25, 0.3) is 0 Å². The van der Waals surface area contributed by atoms with E-state index >= 15 is 0 Å². The number of pyridine rings is 1. The number of benzene rings is 1. The second-order valence-electron chi connectivity index (χ2n) is 3.68. The van der Waals surface area contributed by atoms with Gasteiger partial charge in [-0.3, -0.25) is 4.98 Å². The van der Waals surface area contributed by atoms with Gasteiger partial charge in [-0.05, 0) is 47.6 Å². The summed E-state index contributed by atoms with van der Waals surface area (Å²) in [6, 6.07) is 9.30. The average Bonchev–Trinajstić information content (AvgIpc) is 2.38. The normalized spacial score (nSPS) is 9.90. The van der Waals surface area contributed by atoms with Gasteiger partial charge in [0.2, 0.25) is 0 Å². The van der Waals surface area contributed by atoms with E-state index in [1.165, 1.54) is 0 Å². The molecule has 0 saturated heterocycles. The van der Waals surface area contributed by atoms with Crippen LogP contribution in [0.25, 0.3) is 12.2 Å². The van der Waals surface area contributed by atoms with Crippen molar-refractivity contribution >= 4 is 52.7 Å². The van der Waals surface area contributed by atoms with Crippen molar-refractivity contribution in [3.63, 3.8) is 0 Å². The molecule has 3 nitrogen and oxygen atoms in total. The van der Waals surface area contributed by atoms with Crippen molar-refractivity contribution in [3.05, 3.63) is 63.9 Å². The minimum Gasteiger partial charge on any atom is -0.377 e. The molecule has 0 bridgehead atoms. The minimum absolute atomic E-state index is 0.000000000000000222. The third-order valence-electron chi connectivity index (χ3n) is 2.12. The zero-order valence-corrected chi connectivity index (χ0v) is 12.8. The molecule has 0 spiro atoms. The summed E-state index contributed by atoms with van der Waals surface area (Å²) in [5, 5.41) is 1.30. The highest BCUT2D eigenvalue weighted by Crippen LogP contribution is 2.22. The Hall–Kier alpha value is -1.62. The van der Waals surface area contributed by atoms with E-state index < -0.39 is 0 Å². The molecule has 1 aromatic heterocycles. The van der Waals surface area contributed by atoms with Crippen LogP contribution in [0.4, 0.5) is 0 Å². The number of halogens is 2. The Morgan fingerprint density at radius 2 is 1.65 bits per heavy atom. The predicted molar refractivity (Wildman–Crippen MR) is 90.6 cm³/mol. The molecule has 4 N–H and O–H groups in total. The SMILES string of the molecule is Clc1ccc(/C=C/c2ccncc2)c(Cl)c1.NC(N)=S. The van der Waals surface area contributed by atoms with Crippen LogP contribution < -0.4 is 11.5 Å². The first kappa shape index (κ1) is 16.4. The van der Waals surface area contributed by atoms with Gasteiger partial charge < -0.3 is 11.5 Å². The maximum atomic E-state index is 6.05. The van der Waals surface area contributed by atoms with Crippen molar-refractivity contribution in [3.8, 4) is 0 Å². The summed E-state index contributed by atoms with van der Waals surface area (Å²) in [4.78, 5) is 3.95. The second kappa shape index (κ2) is 8.53. The van der Waals surface area contributed by atoms with Gasteiger partial charge in [-0.2, -0.15) is 0 Å². The van der Waals surface area contributed by atoms with E-state index in [0.29, 0.717) is 10.0 Å². The molecule has 0 amide bonds. The fourth-order valence-electron chi connectivity index (χ4n) is 1.30. The standard InChI is InChI=1S/C13H9Cl2N.CH4N2S/c14-12-4-3-11(13(15)9-12)2-1-10-5-7-16-8-6-10;2-1(3)4/h1-9H;(H4,2,3,4)/b2-1+;. The third-order valence-corrected chi connectivity index (χ3v) is 2.69. The summed E-state index contributed by atoms with van der Waals surface area (Å²) in [6.07, 6.45) is 7.44. The molecule has 0 saturated carbocycles. The van der Waals surface area contributed by atoms with Crippen LogP contribution in [-0.4, -0.2) is 10.1 Å². The molecule has 1 heterocycles. The largest absolute Gasteiger partial charge is 0.377 e. The van der Waals surface area contributed by atoms with Crippen LogP contribution in [0.5, 0.6) is 0 Å². The zero-order valence-electron chi connectivity index (χ0n) is 10.5. The van der Waals surface area contributed by atoms with Gasteiger partial charge in [0, 0.05) is 22.4 Å². The number of hydrogen-bond acceptors (Lipinski definition) is 2. The van der Waals surface area contributed by atoms with Gasteiger partial charge in [0.15, 0.2) is 5.11 Å². The Bertz CT molecular complexity index is 597. The van der Waals surface area contributed by atoms with Gasteiger partial charge in [-0.15, -0.1) is 0 Å². The Morgan fingerprint density at radius 1 is 1.05 bits per heavy atom. The van der Waals surface area contributed by atoms with Crippen LogP contribution >= 0.6 is 35.4 Å². The highest BCUT2D eigenvalue weighted by molar-refractivity contribution is 7.80. The molecule has 20 heavy (non-hydrogen) atoms. The van der Waals surface area contributed by atoms with Crippen molar-refractivity contribution in [2.75, 3.05) is 0 Å². The summed E-state index contributed by atoms with van der Waals surface area (Å²) >= 11 is 16.0. The van der Waals surface area contributed by atoms with Crippen LogP contribution in [0.15, 0.2) is 42.7 Å². The molecule has 0 aliphatic heterocycles. The first-order valence-corrected chi connectivity index (χ1v) is 6.73. The molecule has 2 rings (SSSR count). The number of hydrogen-bond donors (Lipinski definition) is 2. The molecule has 0 aliphatic carbocycles. The lowest BCUT2D eigenvalue weighted by Gasteiger charge is -1.98. The monoisotopic (exact) mass is 325 g/mol. The predicted octanol–water partition coefficient (Wildman–Crippen LogP) is 3.75. The Morgan fingerprint density at radius 3 is 2.20 bits per heavy atom. The second-order valence-corrected chi connectivity index (χ2v) is 5.00. The van der Waals surface area contributed by atoms with E-state index in [1.807, 2.05) is 36.4 Å². The zero-order chi connectivity index (χ0) is 15.0. The van der Waals surface area contributed by atoms with Gasteiger partial charge in [0.05, 0.1) is 0 Å². The van der Waals surface area contributed by atoms with Gasteiger partial charge in [0.1, 0.15) is 0 Å². The van der Waals surface area contributed by atoms with Crippen molar-refractivity contribution in [2.45, 2.75) is 0 Å². The Balaban J connectivity index is 0.000000444. The first-order valence-electron chi connectivity index (χ1n) is 5.57. The van der Waals surface area contributed by atoms with Crippen molar-refractivity contribution in [2.24, 2.45) is 11.5 Å². The number of aromatic nitrogens is 1. The fourth-order valence-corrected chi connectivity index (χ4v) is 1.77. The van der Waals surface area contributed by atoms with Crippen molar-refractivity contribution in [1.29, 1.82) is 0 Å². The van der Waals surface area contributed by atoms with Crippen LogP contribution in [0.3, 0.4) is 0 Å². The molecule has 0 atom stereocenters. The van der Waals surface area contributed by atoms with Gasteiger partial charge >= 0.3 is 0 Å². The average molecular weight is 326 g/mol. The molecule has 0 radical (unpaired) electrons. The summed E-state index contributed by atoms with van der Waals surface area (Å²) in [7, 11) is 0. The molecule has 2 aromatic rings. The van der Waals surface area contributed by atoms with E-state index in [9.17, 15) is 0 Å². The van der Waals surface area contributed by atoms with Crippen molar-refractivity contribution in [1.82, 2.24) is 4.98 Å². The number of nitrogens with zero attached hydrogens (tertiary/aromatic N) is 1. The minimum atomic E-state index is 0.000000000000000222. The van der Waals surface area contributed by atoms with Crippen LogP contribution in [0, 0.1) is 0 Å². The smallest absolute Gasteiger partial charge is 0.160 e. The highest BCUT2D eigenvalue weighted by Gasteiger charge is 1.96. The number of thiocarbonyl (C=S) groups is 1. The molecular formula is C14H13Cl2N3S. The van der Waals surface area contributed by atoms with Crippen molar-refractivity contribution < 1.29 is 0 Å². The molecule has 1 aromatic carbocycles. The van der Waals surface area contributed by atoms with Gasteiger partial charge in [-0.1, -0.05) is 41.4 Å². The Kier molecular flexibility index (Phi) is 7.01. The van der Waals surface area contributed by atoms with Crippen LogP contribution in [-0.2, 0) is 0 Å². The molecule has 104 valence electrons. The number of rotatable bonds is 2. The van der Waals surface area contributed by atoms with E-state index in [2.05, 4.69) is 28.7 Å². The number of nitrogens with two attached hydrogens (primary N) is 2. The van der Waals surface area contributed by atoms with E-state index in [1.54, 1.807) is 18.5 Å². The Labute approximate surface area is 133 Å². The summed E-state index contributed by atoms with van der Waals surface area (Å²) in [5.41, 5.74) is 11.3. The molecule has 0 aliphatic rings. The lowest BCUT2D eigenvalue weighted by atomic mass is 10.1. The lowest BCUT2D eigenvalue weighted by Crippen LogP contribution is -2.18. The molecule has 0 unspecified atom stereocenters. The topological polar surface area (TPSA) is 64.9 Å². The summed E-state index contributed by atoms with van der Waals surface area (Å²) in [5.74, 6) is 0. The van der Waals surface area contributed by atoms with Crippen LogP contribution in [0.1, 0.15) is 11.1 Å². The van der Waals surface area contributed by atoms with Crippen LogP contribution in [0.2, 0.25) is 10.0 Å².